The first kappa shape index (κ1) is 11.6. The lowest BCUT2D eigenvalue weighted by Crippen LogP contribution is -2.02. The second-order valence-corrected chi connectivity index (χ2v) is 7.65. The third-order valence-electron chi connectivity index (χ3n) is 1.90. The zero-order valence-electron chi connectivity index (χ0n) is 7.67. The van der Waals surface area contributed by atoms with Gasteiger partial charge < -0.3 is 4.74 Å². The summed E-state index contributed by atoms with van der Waals surface area (Å²) in [6.45, 7) is 0. The van der Waals surface area contributed by atoms with Crippen LogP contribution >= 0.6 is 54.5 Å². The topological polar surface area (TPSA) is 26.3 Å². The zero-order valence-corrected chi connectivity index (χ0v) is 12.5. The Hall–Kier alpha value is 0.0900. The summed E-state index contributed by atoms with van der Waals surface area (Å²) in [7, 11) is 1.41. The van der Waals surface area contributed by atoms with Crippen molar-refractivity contribution >= 4 is 70.6 Å². The van der Waals surface area contributed by atoms with E-state index in [1.807, 2.05) is 6.07 Å². The maximum absolute atomic E-state index is 11.1. The molecule has 0 radical (unpaired) electrons. The summed E-state index contributed by atoms with van der Waals surface area (Å²) in [5.74, 6) is -0.199. The standard InChI is InChI=1S/C9H6Br2O2S2/c1-13-6(12)3-4-2-5-7(14-4)9(11)15-8(5)10/h2H,3H2,1H3. The maximum atomic E-state index is 11.1. The summed E-state index contributed by atoms with van der Waals surface area (Å²) in [5, 5.41) is 1.16. The lowest BCUT2D eigenvalue weighted by atomic mass is 10.3. The summed E-state index contributed by atoms with van der Waals surface area (Å²) < 4.78 is 8.02. The van der Waals surface area contributed by atoms with Crippen molar-refractivity contribution in [2.45, 2.75) is 6.42 Å². The predicted octanol–water partition coefficient (Wildman–Crippen LogP) is 4.20. The number of fused-ring (bicyclic) bond motifs is 1. The van der Waals surface area contributed by atoms with Crippen LogP contribution in [0.4, 0.5) is 0 Å². The van der Waals surface area contributed by atoms with Crippen LogP contribution in [0.1, 0.15) is 4.88 Å². The SMILES string of the molecule is COC(=O)Cc1cc2c(Br)sc(Br)c2s1. The summed E-state index contributed by atoms with van der Waals surface area (Å²) in [4.78, 5) is 12.1. The number of hydrogen-bond acceptors (Lipinski definition) is 4. The van der Waals surface area contributed by atoms with Crippen molar-refractivity contribution in [3.8, 4) is 0 Å². The highest BCUT2D eigenvalue weighted by Crippen LogP contribution is 2.43. The molecule has 0 aliphatic rings. The van der Waals surface area contributed by atoms with Crippen LogP contribution in [0, 0.1) is 0 Å². The maximum Gasteiger partial charge on any atom is 0.310 e. The van der Waals surface area contributed by atoms with Gasteiger partial charge in [0.2, 0.25) is 0 Å². The fourth-order valence-corrected chi connectivity index (χ4v) is 5.66. The number of esters is 1. The number of thiophene rings is 2. The molecule has 2 heterocycles. The number of hydrogen-bond donors (Lipinski definition) is 0. The van der Waals surface area contributed by atoms with Gasteiger partial charge in [0.1, 0.15) is 0 Å². The van der Waals surface area contributed by atoms with Gasteiger partial charge in [-0.15, -0.1) is 22.7 Å². The van der Waals surface area contributed by atoms with Crippen LogP contribution in [-0.2, 0) is 16.0 Å². The molecule has 0 aliphatic heterocycles. The molecule has 0 saturated carbocycles. The molecule has 6 heteroatoms. The van der Waals surface area contributed by atoms with Gasteiger partial charge in [0.25, 0.3) is 0 Å². The number of rotatable bonds is 2. The summed E-state index contributed by atoms with van der Waals surface area (Å²) in [6, 6.07) is 2.03. The van der Waals surface area contributed by atoms with Gasteiger partial charge in [-0.25, -0.2) is 0 Å². The van der Waals surface area contributed by atoms with Gasteiger partial charge in [0.15, 0.2) is 0 Å². The summed E-state index contributed by atoms with van der Waals surface area (Å²) in [6.07, 6.45) is 0.347. The van der Waals surface area contributed by atoms with Crippen molar-refractivity contribution in [1.82, 2.24) is 0 Å². The molecule has 0 aromatic carbocycles. The molecule has 0 fully saturated rings. The third kappa shape index (κ3) is 2.27. The van der Waals surface area contributed by atoms with E-state index in [0.29, 0.717) is 6.42 Å². The molecular formula is C9H6Br2O2S2. The van der Waals surface area contributed by atoms with Gasteiger partial charge in [-0.2, -0.15) is 0 Å². The van der Waals surface area contributed by atoms with E-state index in [9.17, 15) is 4.79 Å². The lowest BCUT2D eigenvalue weighted by molar-refractivity contribution is -0.139. The molecule has 0 amide bonds. The highest BCUT2D eigenvalue weighted by Gasteiger charge is 2.13. The molecule has 0 saturated heterocycles. The molecule has 0 unspecified atom stereocenters. The molecule has 80 valence electrons. The molecule has 15 heavy (non-hydrogen) atoms. The number of carbonyl (C=O) groups is 1. The number of ether oxygens (including phenoxy) is 1. The summed E-state index contributed by atoms with van der Waals surface area (Å²) in [5.41, 5.74) is 0. The van der Waals surface area contributed by atoms with E-state index < -0.39 is 0 Å². The molecule has 0 aliphatic carbocycles. The first-order valence-electron chi connectivity index (χ1n) is 4.05. The minimum absolute atomic E-state index is 0.199. The van der Waals surface area contributed by atoms with Crippen LogP contribution < -0.4 is 0 Å². The minimum atomic E-state index is -0.199. The fraction of sp³-hybridized carbons (Fsp3) is 0.222. The Morgan fingerprint density at radius 3 is 2.73 bits per heavy atom. The lowest BCUT2D eigenvalue weighted by Gasteiger charge is -1.94. The average molecular weight is 370 g/mol. The largest absolute Gasteiger partial charge is 0.469 e. The molecule has 0 spiro atoms. The van der Waals surface area contributed by atoms with E-state index in [1.165, 1.54) is 11.8 Å². The Balaban J connectivity index is 2.39. The minimum Gasteiger partial charge on any atom is -0.469 e. The van der Waals surface area contributed by atoms with Gasteiger partial charge in [-0.05, 0) is 37.9 Å². The van der Waals surface area contributed by atoms with E-state index in [1.54, 1.807) is 22.7 Å². The van der Waals surface area contributed by atoms with Crippen molar-refractivity contribution in [2.75, 3.05) is 7.11 Å². The number of halogens is 2. The zero-order chi connectivity index (χ0) is 11.0. The number of carbonyl (C=O) groups excluding carboxylic acids is 1. The molecule has 0 bridgehead atoms. The van der Waals surface area contributed by atoms with Crippen molar-refractivity contribution in [2.24, 2.45) is 0 Å². The van der Waals surface area contributed by atoms with Crippen LogP contribution in [0.3, 0.4) is 0 Å². The van der Waals surface area contributed by atoms with Gasteiger partial charge in [-0.3, -0.25) is 4.79 Å². The highest BCUT2D eigenvalue weighted by atomic mass is 79.9. The van der Waals surface area contributed by atoms with E-state index in [-0.39, 0.29) is 5.97 Å². The van der Waals surface area contributed by atoms with Crippen LogP contribution in [0.25, 0.3) is 10.1 Å². The van der Waals surface area contributed by atoms with Gasteiger partial charge >= 0.3 is 5.97 Å². The average Bonchev–Trinajstić information content (AvgIpc) is 2.70. The third-order valence-corrected chi connectivity index (χ3v) is 6.02. The smallest absolute Gasteiger partial charge is 0.310 e. The monoisotopic (exact) mass is 368 g/mol. The predicted molar refractivity (Wildman–Crippen MR) is 70.8 cm³/mol. The van der Waals surface area contributed by atoms with Crippen molar-refractivity contribution in [1.29, 1.82) is 0 Å². The molecule has 2 aromatic rings. The number of methoxy groups -OCH3 is 1. The molecule has 2 aromatic heterocycles. The Morgan fingerprint density at radius 2 is 2.13 bits per heavy atom. The Kier molecular flexibility index (Phi) is 3.49. The van der Waals surface area contributed by atoms with Gasteiger partial charge in [0.05, 0.1) is 25.8 Å². The highest BCUT2D eigenvalue weighted by molar-refractivity contribution is 9.12. The molecule has 2 rings (SSSR count). The second-order valence-electron chi connectivity index (χ2n) is 2.86. The second kappa shape index (κ2) is 4.53. The van der Waals surface area contributed by atoms with E-state index in [2.05, 4.69) is 36.6 Å². The van der Waals surface area contributed by atoms with E-state index >= 15 is 0 Å². The Labute approximate surface area is 111 Å². The van der Waals surface area contributed by atoms with Crippen LogP contribution in [0.15, 0.2) is 13.6 Å². The quantitative estimate of drug-likeness (QED) is 0.741. The Morgan fingerprint density at radius 1 is 1.40 bits per heavy atom. The Bertz CT molecular complexity index is 481. The molecule has 0 N–H and O–H groups in total. The molecular weight excluding hydrogens is 364 g/mol. The summed E-state index contributed by atoms with van der Waals surface area (Å²) >= 11 is 10.3. The van der Waals surface area contributed by atoms with Gasteiger partial charge in [0, 0.05) is 10.3 Å². The van der Waals surface area contributed by atoms with Crippen LogP contribution in [0.5, 0.6) is 0 Å². The molecule has 0 atom stereocenters. The first-order chi connectivity index (χ1) is 7.11. The van der Waals surface area contributed by atoms with Gasteiger partial charge in [-0.1, -0.05) is 0 Å². The van der Waals surface area contributed by atoms with Crippen molar-refractivity contribution < 1.29 is 9.53 Å². The van der Waals surface area contributed by atoms with E-state index in [0.717, 1.165) is 17.8 Å². The van der Waals surface area contributed by atoms with E-state index in [4.69, 9.17) is 0 Å². The van der Waals surface area contributed by atoms with Crippen molar-refractivity contribution in [3.05, 3.63) is 18.5 Å². The molecule has 2 nitrogen and oxygen atoms in total. The van der Waals surface area contributed by atoms with Crippen molar-refractivity contribution in [3.63, 3.8) is 0 Å². The van der Waals surface area contributed by atoms with Crippen LogP contribution in [0.2, 0.25) is 0 Å². The normalized spacial score (nSPS) is 10.9. The first-order valence-corrected chi connectivity index (χ1v) is 7.26. The van der Waals surface area contributed by atoms with Crippen LogP contribution in [-0.4, -0.2) is 13.1 Å². The fourth-order valence-electron chi connectivity index (χ4n) is 1.22.